The Labute approximate surface area is 131 Å². The number of ether oxygens (including phenoxy) is 1. The lowest BCUT2D eigenvalue weighted by Crippen LogP contribution is -1.93. The molecule has 1 aliphatic rings. The van der Waals surface area contributed by atoms with Crippen LogP contribution >= 0.6 is 0 Å². The molecule has 1 heteroatoms. The largest absolute Gasteiger partial charge is 0.494 e. The van der Waals surface area contributed by atoms with Gasteiger partial charge >= 0.3 is 0 Å². The van der Waals surface area contributed by atoms with Crippen LogP contribution in [0, 0.1) is 0 Å². The van der Waals surface area contributed by atoms with Gasteiger partial charge in [0.2, 0.25) is 0 Å². The second-order valence-corrected chi connectivity index (χ2v) is 5.94. The maximum Gasteiger partial charge on any atom is 0.115 e. The molecule has 0 saturated heterocycles. The third-order valence-electron chi connectivity index (χ3n) is 3.84. The molecule has 21 heavy (non-hydrogen) atoms. The summed E-state index contributed by atoms with van der Waals surface area (Å²) in [5.41, 5.74) is 2.33. The highest BCUT2D eigenvalue weighted by Crippen LogP contribution is 2.17. The molecule has 0 aromatic rings. The first kappa shape index (κ1) is 17.8. The van der Waals surface area contributed by atoms with Gasteiger partial charge in [-0.05, 0) is 37.5 Å². The van der Waals surface area contributed by atoms with Crippen LogP contribution < -0.4 is 0 Å². The van der Waals surface area contributed by atoms with Gasteiger partial charge in [0.15, 0.2) is 0 Å². The van der Waals surface area contributed by atoms with Gasteiger partial charge in [0, 0.05) is 0 Å². The number of rotatable bonds is 11. The van der Waals surface area contributed by atoms with Gasteiger partial charge in [-0.3, -0.25) is 0 Å². The minimum atomic E-state index is 0.841. The zero-order valence-corrected chi connectivity index (χ0v) is 14.0. The molecule has 118 valence electrons. The van der Waals surface area contributed by atoms with Crippen molar-refractivity contribution in [1.29, 1.82) is 0 Å². The zero-order valence-electron chi connectivity index (χ0n) is 14.0. The molecule has 0 amide bonds. The maximum atomic E-state index is 5.85. The van der Waals surface area contributed by atoms with Crippen LogP contribution in [0.2, 0.25) is 0 Å². The molecule has 1 aliphatic carbocycles. The Bertz CT molecular complexity index is 385. The zero-order chi connectivity index (χ0) is 15.3. The minimum Gasteiger partial charge on any atom is -0.494 e. The Morgan fingerprint density at radius 1 is 1.00 bits per heavy atom. The summed E-state index contributed by atoms with van der Waals surface area (Å²) in [5, 5.41) is 0. The molecule has 0 aromatic carbocycles. The van der Waals surface area contributed by atoms with E-state index in [1.807, 2.05) is 6.92 Å². The molecular weight excluding hydrogens is 256 g/mol. The summed E-state index contributed by atoms with van der Waals surface area (Å²) in [5.74, 6) is 1.01. The molecule has 0 atom stereocenters. The van der Waals surface area contributed by atoms with E-state index in [1.165, 1.54) is 56.9 Å². The van der Waals surface area contributed by atoms with Crippen molar-refractivity contribution in [3.05, 3.63) is 47.8 Å². The van der Waals surface area contributed by atoms with E-state index in [4.69, 9.17) is 4.74 Å². The molecule has 1 nitrogen and oxygen atoms in total. The van der Waals surface area contributed by atoms with E-state index in [2.05, 4.69) is 37.8 Å². The Balaban J connectivity index is 2.05. The number of unbranched alkanes of at least 4 members (excludes halogenated alkanes) is 7. The van der Waals surface area contributed by atoms with Crippen LogP contribution in [-0.2, 0) is 4.74 Å². The highest BCUT2D eigenvalue weighted by molar-refractivity contribution is 5.40. The van der Waals surface area contributed by atoms with Gasteiger partial charge in [-0.25, -0.2) is 0 Å². The molecule has 0 heterocycles. The van der Waals surface area contributed by atoms with Crippen molar-refractivity contribution >= 4 is 0 Å². The molecule has 0 fully saturated rings. The summed E-state index contributed by atoms with van der Waals surface area (Å²) in [6.45, 7) is 9.14. The van der Waals surface area contributed by atoms with Crippen LogP contribution in [0.3, 0.4) is 0 Å². The van der Waals surface area contributed by atoms with Gasteiger partial charge in [0.05, 0.1) is 6.61 Å². The standard InChI is InChI=1S/C20H32O/c1-4-5-6-7-8-9-10-11-17-21-20-14-12-13-19(15-16-20)18(2)3/h13-16H,2,4-12,17H2,1,3H3. The highest BCUT2D eigenvalue weighted by Gasteiger charge is 2.00. The maximum absolute atomic E-state index is 5.85. The van der Waals surface area contributed by atoms with Crippen LogP contribution in [-0.4, -0.2) is 6.61 Å². The van der Waals surface area contributed by atoms with Gasteiger partial charge in [0.1, 0.15) is 5.76 Å². The van der Waals surface area contributed by atoms with Gasteiger partial charge in [-0.2, -0.15) is 0 Å². The molecule has 0 aliphatic heterocycles. The molecule has 0 aromatic heterocycles. The third-order valence-corrected chi connectivity index (χ3v) is 3.84. The molecule has 0 radical (unpaired) electrons. The first-order valence-corrected chi connectivity index (χ1v) is 8.61. The second kappa shape index (κ2) is 11.4. The van der Waals surface area contributed by atoms with E-state index >= 15 is 0 Å². The quantitative estimate of drug-likeness (QED) is 0.395. The number of hydrogen-bond donors (Lipinski definition) is 0. The van der Waals surface area contributed by atoms with E-state index in [1.54, 1.807) is 0 Å². The van der Waals surface area contributed by atoms with E-state index in [0.29, 0.717) is 0 Å². The fourth-order valence-electron chi connectivity index (χ4n) is 2.46. The van der Waals surface area contributed by atoms with Gasteiger partial charge in [-0.15, -0.1) is 0 Å². The normalized spacial score (nSPS) is 14.4. The number of allylic oxidation sites excluding steroid dienone is 6. The van der Waals surface area contributed by atoms with Crippen molar-refractivity contribution in [3.63, 3.8) is 0 Å². The predicted octanol–water partition coefficient (Wildman–Crippen LogP) is 6.49. The smallest absolute Gasteiger partial charge is 0.115 e. The molecule has 1 rings (SSSR count). The van der Waals surface area contributed by atoms with E-state index < -0.39 is 0 Å². The fourth-order valence-corrected chi connectivity index (χ4v) is 2.46. The molecular formula is C20H32O. The lowest BCUT2D eigenvalue weighted by atomic mass is 10.1. The fraction of sp³-hybridized carbons (Fsp3) is 0.600. The summed E-state index contributed by atoms with van der Waals surface area (Å²) < 4.78 is 5.85. The summed E-state index contributed by atoms with van der Waals surface area (Å²) in [6.07, 6.45) is 20.2. The first-order chi connectivity index (χ1) is 10.2. The lowest BCUT2D eigenvalue weighted by molar-refractivity contribution is 0.216. The number of hydrogen-bond acceptors (Lipinski definition) is 1. The first-order valence-electron chi connectivity index (χ1n) is 8.61. The Hall–Kier alpha value is -1.24. The molecule has 0 N–H and O–H groups in total. The van der Waals surface area contributed by atoms with Crippen molar-refractivity contribution in [3.8, 4) is 0 Å². The summed E-state index contributed by atoms with van der Waals surface area (Å²) >= 11 is 0. The van der Waals surface area contributed by atoms with Crippen LogP contribution in [0.1, 0.15) is 71.6 Å². The van der Waals surface area contributed by atoms with E-state index in [9.17, 15) is 0 Å². The summed E-state index contributed by atoms with van der Waals surface area (Å²) in [6, 6.07) is 0. The van der Waals surface area contributed by atoms with Crippen molar-refractivity contribution in [2.24, 2.45) is 0 Å². The molecule has 0 bridgehead atoms. The van der Waals surface area contributed by atoms with Crippen molar-refractivity contribution in [2.75, 3.05) is 6.61 Å². The summed E-state index contributed by atoms with van der Waals surface area (Å²) in [7, 11) is 0. The van der Waals surface area contributed by atoms with Crippen molar-refractivity contribution in [2.45, 2.75) is 71.6 Å². The SMILES string of the molecule is C=C(C)C1=CCC=C(OCCCCCCCCCC)C=C1. The van der Waals surface area contributed by atoms with Crippen molar-refractivity contribution < 1.29 is 4.74 Å². The lowest BCUT2D eigenvalue weighted by Gasteiger charge is -2.06. The second-order valence-electron chi connectivity index (χ2n) is 5.94. The molecule has 0 unspecified atom stereocenters. The minimum absolute atomic E-state index is 0.841. The van der Waals surface area contributed by atoms with Gasteiger partial charge in [-0.1, -0.05) is 76.2 Å². The predicted molar refractivity (Wildman–Crippen MR) is 93.3 cm³/mol. The van der Waals surface area contributed by atoms with Gasteiger partial charge < -0.3 is 4.74 Å². The van der Waals surface area contributed by atoms with E-state index in [0.717, 1.165) is 24.4 Å². The van der Waals surface area contributed by atoms with Gasteiger partial charge in [0.25, 0.3) is 0 Å². The Morgan fingerprint density at radius 3 is 2.33 bits per heavy atom. The molecule has 0 saturated carbocycles. The third kappa shape index (κ3) is 8.60. The summed E-state index contributed by atoms with van der Waals surface area (Å²) in [4.78, 5) is 0. The highest BCUT2D eigenvalue weighted by atomic mass is 16.5. The molecule has 0 spiro atoms. The monoisotopic (exact) mass is 288 g/mol. The van der Waals surface area contributed by atoms with Crippen molar-refractivity contribution in [1.82, 2.24) is 0 Å². The Morgan fingerprint density at radius 2 is 1.67 bits per heavy atom. The average Bonchev–Trinajstić information content (AvgIpc) is 2.71. The van der Waals surface area contributed by atoms with Crippen LogP contribution in [0.5, 0.6) is 0 Å². The van der Waals surface area contributed by atoms with Crippen LogP contribution in [0.15, 0.2) is 47.8 Å². The Kier molecular flexibility index (Phi) is 9.69. The average molecular weight is 288 g/mol. The topological polar surface area (TPSA) is 9.23 Å². The van der Waals surface area contributed by atoms with Crippen LogP contribution in [0.25, 0.3) is 0 Å². The van der Waals surface area contributed by atoms with Crippen LogP contribution in [0.4, 0.5) is 0 Å². The van der Waals surface area contributed by atoms with E-state index in [-0.39, 0.29) is 0 Å².